The molecule has 3 rings (SSSR count). The zero-order chi connectivity index (χ0) is 23.1. The van der Waals surface area contributed by atoms with Gasteiger partial charge in [0.25, 0.3) is 5.91 Å². The summed E-state index contributed by atoms with van der Waals surface area (Å²) in [5.41, 5.74) is 5.62. The summed E-state index contributed by atoms with van der Waals surface area (Å²) in [4.78, 5) is 24.0. The van der Waals surface area contributed by atoms with E-state index in [1.54, 1.807) is 6.08 Å². The van der Waals surface area contributed by atoms with Crippen LogP contribution in [-0.4, -0.2) is 28.3 Å². The lowest BCUT2D eigenvalue weighted by atomic mass is 10.1. The molecule has 6 nitrogen and oxygen atoms in total. The number of esters is 1. The van der Waals surface area contributed by atoms with E-state index in [1.807, 2.05) is 74.0 Å². The Morgan fingerprint density at radius 2 is 1.81 bits per heavy atom. The largest absolute Gasteiger partial charge is 0.452 e. The van der Waals surface area contributed by atoms with Crippen LogP contribution >= 0.6 is 11.6 Å². The van der Waals surface area contributed by atoms with Gasteiger partial charge in [-0.25, -0.2) is 4.79 Å². The Labute approximate surface area is 192 Å². The first-order valence-corrected chi connectivity index (χ1v) is 10.7. The van der Waals surface area contributed by atoms with Crippen molar-refractivity contribution in [1.82, 2.24) is 15.1 Å². The first kappa shape index (κ1) is 23.3. The van der Waals surface area contributed by atoms with Crippen LogP contribution in [0.25, 0.3) is 6.08 Å². The Bertz CT molecular complexity index is 1130. The van der Waals surface area contributed by atoms with Crippen molar-refractivity contribution in [2.75, 3.05) is 6.61 Å². The van der Waals surface area contributed by atoms with Crippen LogP contribution in [0.5, 0.6) is 0 Å². The SMILES string of the molecule is Cc1ccc(CNC(=O)COC(=O)/C=C/c2c(C)nn(Cc3ccccc3Cl)c2C)cc1. The Morgan fingerprint density at radius 1 is 1.09 bits per heavy atom. The molecule has 32 heavy (non-hydrogen) atoms. The fourth-order valence-electron chi connectivity index (χ4n) is 3.19. The minimum atomic E-state index is -0.590. The highest BCUT2D eigenvalue weighted by Gasteiger charge is 2.12. The summed E-state index contributed by atoms with van der Waals surface area (Å²) in [5.74, 6) is -0.944. The average Bonchev–Trinajstić information content (AvgIpc) is 3.04. The predicted octanol–water partition coefficient (Wildman–Crippen LogP) is 4.38. The highest BCUT2D eigenvalue weighted by atomic mass is 35.5. The molecule has 0 saturated carbocycles. The van der Waals surface area contributed by atoms with E-state index in [1.165, 1.54) is 6.08 Å². The maximum absolute atomic E-state index is 12.1. The molecule has 7 heteroatoms. The summed E-state index contributed by atoms with van der Waals surface area (Å²) in [6, 6.07) is 15.5. The van der Waals surface area contributed by atoms with E-state index < -0.39 is 5.97 Å². The van der Waals surface area contributed by atoms with Gasteiger partial charge in [0.15, 0.2) is 6.61 Å². The summed E-state index contributed by atoms with van der Waals surface area (Å²) in [7, 11) is 0. The van der Waals surface area contributed by atoms with Gasteiger partial charge in [0.2, 0.25) is 0 Å². The third-order valence-electron chi connectivity index (χ3n) is 5.06. The summed E-state index contributed by atoms with van der Waals surface area (Å²) >= 11 is 6.25. The molecule has 0 spiro atoms. The van der Waals surface area contributed by atoms with Crippen molar-refractivity contribution in [3.63, 3.8) is 0 Å². The molecule has 2 aromatic carbocycles. The number of carbonyl (C=O) groups is 2. The maximum Gasteiger partial charge on any atom is 0.331 e. The highest BCUT2D eigenvalue weighted by molar-refractivity contribution is 6.31. The molecule has 0 fully saturated rings. The molecule has 1 heterocycles. The minimum Gasteiger partial charge on any atom is -0.452 e. The molecule has 0 aliphatic rings. The topological polar surface area (TPSA) is 73.2 Å². The number of halogens is 1. The molecule has 0 aliphatic carbocycles. The van der Waals surface area contributed by atoms with Gasteiger partial charge in [-0.1, -0.05) is 59.6 Å². The number of ether oxygens (including phenoxy) is 1. The zero-order valence-corrected chi connectivity index (χ0v) is 19.1. The van der Waals surface area contributed by atoms with E-state index in [0.717, 1.165) is 33.6 Å². The van der Waals surface area contributed by atoms with Crippen LogP contribution in [0, 0.1) is 20.8 Å². The number of aryl methyl sites for hydroxylation is 2. The van der Waals surface area contributed by atoms with Crippen LogP contribution in [0.15, 0.2) is 54.6 Å². The Balaban J connectivity index is 1.52. The molecule has 166 valence electrons. The number of amides is 1. The molecule has 0 unspecified atom stereocenters. The van der Waals surface area contributed by atoms with Gasteiger partial charge >= 0.3 is 5.97 Å². The quantitative estimate of drug-likeness (QED) is 0.407. The van der Waals surface area contributed by atoms with Crippen molar-refractivity contribution in [3.05, 3.63) is 93.3 Å². The van der Waals surface area contributed by atoms with Crippen molar-refractivity contribution in [2.45, 2.75) is 33.9 Å². The predicted molar refractivity (Wildman–Crippen MR) is 125 cm³/mol. The summed E-state index contributed by atoms with van der Waals surface area (Å²) < 4.78 is 6.90. The second-order valence-electron chi connectivity index (χ2n) is 7.54. The second-order valence-corrected chi connectivity index (χ2v) is 7.94. The smallest absolute Gasteiger partial charge is 0.331 e. The molecule has 1 aromatic heterocycles. The lowest BCUT2D eigenvalue weighted by molar-refractivity contribution is -0.143. The molecule has 0 bridgehead atoms. The van der Waals surface area contributed by atoms with Gasteiger partial charge < -0.3 is 10.1 Å². The van der Waals surface area contributed by atoms with Gasteiger partial charge in [-0.05, 0) is 44.0 Å². The van der Waals surface area contributed by atoms with Gasteiger partial charge in [0.1, 0.15) is 0 Å². The number of hydrogen-bond acceptors (Lipinski definition) is 4. The van der Waals surface area contributed by atoms with E-state index >= 15 is 0 Å². The van der Waals surface area contributed by atoms with Gasteiger partial charge in [-0.2, -0.15) is 5.10 Å². The molecular formula is C25H26ClN3O3. The molecule has 0 atom stereocenters. The van der Waals surface area contributed by atoms with Crippen LogP contribution in [0.3, 0.4) is 0 Å². The van der Waals surface area contributed by atoms with Crippen molar-refractivity contribution >= 4 is 29.6 Å². The molecule has 0 radical (unpaired) electrons. The van der Waals surface area contributed by atoms with Crippen LogP contribution < -0.4 is 5.32 Å². The lowest BCUT2D eigenvalue weighted by Gasteiger charge is -2.07. The highest BCUT2D eigenvalue weighted by Crippen LogP contribution is 2.20. The molecule has 0 aliphatic heterocycles. The number of hydrogen-bond donors (Lipinski definition) is 1. The lowest BCUT2D eigenvalue weighted by Crippen LogP contribution is -2.28. The third-order valence-corrected chi connectivity index (χ3v) is 5.43. The van der Waals surface area contributed by atoms with Crippen LogP contribution in [0.4, 0.5) is 0 Å². The average molecular weight is 452 g/mol. The van der Waals surface area contributed by atoms with Crippen LogP contribution in [-0.2, 0) is 27.4 Å². The molecule has 3 aromatic rings. The molecule has 0 saturated heterocycles. The number of nitrogens with one attached hydrogen (secondary N) is 1. The Kier molecular flexibility index (Phi) is 7.84. The van der Waals surface area contributed by atoms with Crippen LogP contribution in [0.2, 0.25) is 5.02 Å². The van der Waals surface area contributed by atoms with Gasteiger partial charge in [0.05, 0.1) is 12.2 Å². The van der Waals surface area contributed by atoms with E-state index in [2.05, 4.69) is 10.4 Å². The summed E-state index contributed by atoms with van der Waals surface area (Å²) in [5, 5.41) is 7.96. The van der Waals surface area contributed by atoms with Crippen molar-refractivity contribution in [1.29, 1.82) is 0 Å². The number of rotatable bonds is 8. The fraction of sp³-hybridized carbons (Fsp3) is 0.240. The number of carbonyl (C=O) groups excluding carboxylic acids is 2. The monoisotopic (exact) mass is 451 g/mol. The molecular weight excluding hydrogens is 426 g/mol. The Hall–Kier alpha value is -3.38. The zero-order valence-electron chi connectivity index (χ0n) is 18.4. The Morgan fingerprint density at radius 3 is 2.53 bits per heavy atom. The van der Waals surface area contributed by atoms with Crippen molar-refractivity contribution < 1.29 is 14.3 Å². The number of benzene rings is 2. The first-order chi connectivity index (χ1) is 15.3. The maximum atomic E-state index is 12.1. The number of nitrogens with zero attached hydrogens (tertiary/aromatic N) is 2. The van der Waals surface area contributed by atoms with Crippen LogP contribution in [0.1, 0.15) is 33.6 Å². The number of aromatic nitrogens is 2. The van der Waals surface area contributed by atoms with Crippen molar-refractivity contribution in [2.24, 2.45) is 0 Å². The standard InChI is InChI=1S/C25H26ClN3O3/c1-17-8-10-20(11-9-17)14-27-24(30)16-32-25(31)13-12-22-18(2)28-29(19(22)3)15-21-6-4-5-7-23(21)26/h4-13H,14-16H2,1-3H3,(H,27,30)/b13-12+. The van der Waals surface area contributed by atoms with Gasteiger partial charge in [-0.15, -0.1) is 0 Å². The van der Waals surface area contributed by atoms with Gasteiger partial charge in [0, 0.05) is 28.9 Å². The first-order valence-electron chi connectivity index (χ1n) is 10.3. The van der Waals surface area contributed by atoms with Gasteiger partial charge in [-0.3, -0.25) is 9.48 Å². The minimum absolute atomic E-state index is 0.335. The van der Waals surface area contributed by atoms with E-state index in [9.17, 15) is 9.59 Å². The van der Waals surface area contributed by atoms with E-state index in [4.69, 9.17) is 16.3 Å². The molecule has 1 N–H and O–H groups in total. The third kappa shape index (κ3) is 6.31. The van der Waals surface area contributed by atoms with E-state index in [0.29, 0.717) is 18.1 Å². The second kappa shape index (κ2) is 10.8. The fourth-order valence-corrected chi connectivity index (χ4v) is 3.38. The normalized spacial score (nSPS) is 11.0. The molecule has 1 amide bonds. The van der Waals surface area contributed by atoms with Crippen molar-refractivity contribution in [3.8, 4) is 0 Å². The summed E-state index contributed by atoms with van der Waals surface area (Å²) in [6.45, 7) is 6.39. The van der Waals surface area contributed by atoms with E-state index in [-0.39, 0.29) is 12.5 Å². The summed E-state index contributed by atoms with van der Waals surface area (Å²) in [6.07, 6.45) is 2.97.